The molecule has 0 saturated carbocycles. The van der Waals surface area contributed by atoms with Gasteiger partial charge in [-0.15, -0.1) is 42.0 Å². The second-order valence-corrected chi connectivity index (χ2v) is 14.0. The number of pyridine rings is 1. The zero-order valence-electron chi connectivity index (χ0n) is 30.7. The number of ether oxygens (including phenoxy) is 2. The molecular formula is C50H32N4O2Pd. The topological polar surface area (TPSA) is 54.1 Å². The van der Waals surface area contributed by atoms with E-state index in [-0.39, 0.29) is 20.4 Å². The van der Waals surface area contributed by atoms with Gasteiger partial charge < -0.3 is 18.6 Å². The standard InChI is InChI=1S/C50H32N4O2.Pd/c1-53-44-28-12-10-26-42(44)52-48(53)33-16-14-22-37(30-33)55-38-23-15-21-36(31-38)54-43-27-11-8-24-39(43)46-47-41(32-51-49(46)54)50(34-17-4-2-5-18-34,35-19-6-3-7-20-35)40-25-9-13-29-45(40)56-47;/h2-29,32H,1H3;/q-2;+2. The van der Waals surface area contributed by atoms with Crippen LogP contribution in [0.2, 0.25) is 0 Å². The second kappa shape index (κ2) is 13.8. The Hall–Kier alpha value is -6.78. The van der Waals surface area contributed by atoms with Gasteiger partial charge in [-0.1, -0.05) is 121 Å². The summed E-state index contributed by atoms with van der Waals surface area (Å²) in [5, 5.41) is 1.97. The molecule has 0 unspecified atom stereocenters. The molecule has 11 rings (SSSR count). The van der Waals surface area contributed by atoms with Crippen LogP contribution in [0.4, 0.5) is 0 Å². The Morgan fingerprint density at radius 2 is 1.26 bits per heavy atom. The van der Waals surface area contributed by atoms with Gasteiger partial charge in [0.2, 0.25) is 0 Å². The summed E-state index contributed by atoms with van der Waals surface area (Å²) in [6.45, 7) is 0. The number of para-hydroxylation sites is 4. The van der Waals surface area contributed by atoms with Crippen LogP contribution in [-0.4, -0.2) is 19.1 Å². The van der Waals surface area contributed by atoms with Gasteiger partial charge in [0.25, 0.3) is 0 Å². The van der Waals surface area contributed by atoms with Crippen LogP contribution in [0.5, 0.6) is 23.0 Å². The molecular weight excluding hydrogens is 795 g/mol. The molecule has 1 aliphatic heterocycles. The van der Waals surface area contributed by atoms with Crippen LogP contribution in [0.3, 0.4) is 0 Å². The molecule has 274 valence electrons. The molecule has 0 aliphatic carbocycles. The van der Waals surface area contributed by atoms with E-state index >= 15 is 0 Å². The molecule has 0 spiro atoms. The quantitative estimate of drug-likeness (QED) is 0.124. The average Bonchev–Trinajstić information content (AvgIpc) is 3.78. The van der Waals surface area contributed by atoms with E-state index in [0.29, 0.717) is 11.5 Å². The molecule has 10 aromatic rings. The fourth-order valence-electron chi connectivity index (χ4n) is 8.56. The summed E-state index contributed by atoms with van der Waals surface area (Å²) in [6, 6.07) is 65.1. The zero-order chi connectivity index (χ0) is 37.2. The molecule has 0 bridgehead atoms. The SMILES string of the molecule is Cn1c(-c2[c-]c(Oc3[c-]c(-n4c5ccccc5c5c6c(cnc54)C(c4ccccc4)(c4ccccc4)c4ccccc4O6)ccc3)ccc2)nc2ccccc21.[Pd+2]. The van der Waals surface area contributed by atoms with E-state index in [4.69, 9.17) is 19.4 Å². The second-order valence-electron chi connectivity index (χ2n) is 14.0. The summed E-state index contributed by atoms with van der Waals surface area (Å²) < 4.78 is 17.7. The van der Waals surface area contributed by atoms with E-state index in [2.05, 4.69) is 130 Å². The number of hydrogen-bond donors (Lipinski definition) is 0. The van der Waals surface area contributed by atoms with Gasteiger partial charge in [0.15, 0.2) is 0 Å². The van der Waals surface area contributed by atoms with Crippen LogP contribution in [-0.2, 0) is 32.9 Å². The molecule has 0 atom stereocenters. The first-order valence-electron chi connectivity index (χ1n) is 18.6. The van der Waals surface area contributed by atoms with Crippen molar-refractivity contribution in [2.45, 2.75) is 5.41 Å². The van der Waals surface area contributed by atoms with Crippen molar-refractivity contribution in [2.75, 3.05) is 0 Å². The van der Waals surface area contributed by atoms with Crippen molar-refractivity contribution in [1.29, 1.82) is 0 Å². The molecule has 1 aliphatic rings. The van der Waals surface area contributed by atoms with Gasteiger partial charge in [-0.05, 0) is 35.4 Å². The van der Waals surface area contributed by atoms with Crippen molar-refractivity contribution in [3.05, 3.63) is 210 Å². The van der Waals surface area contributed by atoms with Crippen molar-refractivity contribution in [1.82, 2.24) is 19.1 Å². The van der Waals surface area contributed by atoms with Crippen molar-refractivity contribution < 1.29 is 29.9 Å². The minimum Gasteiger partial charge on any atom is -0.503 e. The minimum atomic E-state index is -0.677. The summed E-state index contributed by atoms with van der Waals surface area (Å²) in [7, 11) is 2.02. The number of aromatic nitrogens is 4. The summed E-state index contributed by atoms with van der Waals surface area (Å²) in [5.41, 5.74) is 9.06. The summed E-state index contributed by atoms with van der Waals surface area (Å²) in [6.07, 6.45) is 2.00. The molecule has 7 aromatic carbocycles. The van der Waals surface area contributed by atoms with Crippen molar-refractivity contribution in [3.63, 3.8) is 0 Å². The Bertz CT molecular complexity index is 3080. The Labute approximate surface area is 343 Å². The monoisotopic (exact) mass is 826 g/mol. The Kier molecular flexibility index (Phi) is 8.37. The van der Waals surface area contributed by atoms with Crippen molar-refractivity contribution >= 4 is 33.0 Å². The smallest absolute Gasteiger partial charge is 0.503 e. The van der Waals surface area contributed by atoms with E-state index in [9.17, 15) is 0 Å². The van der Waals surface area contributed by atoms with Crippen LogP contribution >= 0.6 is 0 Å². The molecule has 4 heterocycles. The predicted molar refractivity (Wildman–Crippen MR) is 221 cm³/mol. The first-order valence-corrected chi connectivity index (χ1v) is 18.6. The Balaban J connectivity index is 0.00000396. The van der Waals surface area contributed by atoms with E-state index in [0.717, 1.165) is 83.8 Å². The van der Waals surface area contributed by atoms with Gasteiger partial charge in [-0.25, -0.2) is 4.98 Å². The maximum atomic E-state index is 7.03. The van der Waals surface area contributed by atoms with Crippen LogP contribution in [0, 0.1) is 12.1 Å². The van der Waals surface area contributed by atoms with Crippen molar-refractivity contribution in [2.24, 2.45) is 7.05 Å². The molecule has 3 aromatic heterocycles. The molecule has 7 heteroatoms. The number of imidazole rings is 1. The molecule has 0 radical (unpaired) electrons. The van der Waals surface area contributed by atoms with E-state index < -0.39 is 5.41 Å². The molecule has 0 fully saturated rings. The van der Waals surface area contributed by atoms with E-state index in [1.165, 1.54) is 0 Å². The number of hydrogen-bond acceptors (Lipinski definition) is 4. The molecule has 57 heavy (non-hydrogen) atoms. The van der Waals surface area contributed by atoms with E-state index in [1.54, 1.807) is 0 Å². The van der Waals surface area contributed by atoms with Crippen molar-refractivity contribution in [3.8, 4) is 40.1 Å². The third kappa shape index (κ3) is 5.35. The van der Waals surface area contributed by atoms with E-state index in [1.807, 2.05) is 73.9 Å². The summed E-state index contributed by atoms with van der Waals surface area (Å²) in [4.78, 5) is 10.2. The molecule has 6 nitrogen and oxygen atoms in total. The van der Waals surface area contributed by atoms with Gasteiger partial charge in [0.05, 0.1) is 33.2 Å². The number of fused-ring (bicyclic) bond motifs is 7. The number of benzene rings is 7. The Morgan fingerprint density at radius 1 is 0.614 bits per heavy atom. The third-order valence-electron chi connectivity index (χ3n) is 11.0. The maximum absolute atomic E-state index is 7.03. The summed E-state index contributed by atoms with van der Waals surface area (Å²) in [5.74, 6) is 3.56. The number of rotatable bonds is 6. The first-order chi connectivity index (χ1) is 27.7. The summed E-state index contributed by atoms with van der Waals surface area (Å²) >= 11 is 0. The van der Waals surface area contributed by atoms with Gasteiger partial charge >= 0.3 is 20.4 Å². The zero-order valence-corrected chi connectivity index (χ0v) is 32.2. The first kappa shape index (κ1) is 34.7. The average molecular weight is 827 g/mol. The third-order valence-corrected chi connectivity index (χ3v) is 11.0. The van der Waals surface area contributed by atoms with Crippen LogP contribution in [0.15, 0.2) is 176 Å². The van der Waals surface area contributed by atoms with Crippen LogP contribution in [0.25, 0.3) is 50.0 Å². The Morgan fingerprint density at radius 3 is 2.04 bits per heavy atom. The van der Waals surface area contributed by atoms with Gasteiger partial charge in [-0.2, -0.15) is 6.07 Å². The minimum absolute atomic E-state index is 0. The van der Waals surface area contributed by atoms with Gasteiger partial charge in [-0.3, -0.25) is 4.98 Å². The molecule has 0 amide bonds. The predicted octanol–water partition coefficient (Wildman–Crippen LogP) is 11.6. The van der Waals surface area contributed by atoms with Crippen LogP contribution < -0.4 is 9.47 Å². The number of aryl methyl sites for hydroxylation is 1. The largest absolute Gasteiger partial charge is 2.00 e. The fourth-order valence-corrected chi connectivity index (χ4v) is 8.56. The van der Waals surface area contributed by atoms with Crippen LogP contribution in [0.1, 0.15) is 22.3 Å². The fraction of sp³-hybridized carbons (Fsp3) is 0.0400. The number of nitrogens with zero attached hydrogens (tertiary/aromatic N) is 4. The normalized spacial score (nSPS) is 12.8. The maximum Gasteiger partial charge on any atom is 2.00 e. The molecule has 0 saturated heterocycles. The molecule has 0 N–H and O–H groups in total. The van der Waals surface area contributed by atoms with Gasteiger partial charge in [0.1, 0.15) is 17.1 Å². The van der Waals surface area contributed by atoms with Gasteiger partial charge in [0, 0.05) is 41.3 Å².